The fraction of sp³-hybridized carbons (Fsp3) is 0.286. The summed E-state index contributed by atoms with van der Waals surface area (Å²) in [6.45, 7) is 2.22. The van der Waals surface area contributed by atoms with Crippen LogP contribution in [0.15, 0.2) is 58.1 Å². The molecule has 2 aromatic carbocycles. The van der Waals surface area contributed by atoms with Gasteiger partial charge >= 0.3 is 5.69 Å². The van der Waals surface area contributed by atoms with Crippen LogP contribution in [0.4, 0.5) is 5.69 Å². The van der Waals surface area contributed by atoms with Crippen LogP contribution in [0.25, 0.3) is 10.9 Å². The minimum Gasteiger partial charge on any atom is -0.325 e. The first kappa shape index (κ1) is 19.9. The molecule has 0 spiro atoms. The number of nitrogens with zero attached hydrogens (tertiary/aromatic N) is 2. The van der Waals surface area contributed by atoms with Crippen molar-refractivity contribution in [2.24, 2.45) is 0 Å². The van der Waals surface area contributed by atoms with Gasteiger partial charge in [0.15, 0.2) is 0 Å². The third-order valence-corrected chi connectivity index (χ3v) is 4.80. The molecule has 1 N–H and O–H groups in total. The number of hydrogen-bond donors (Lipinski definition) is 1. The summed E-state index contributed by atoms with van der Waals surface area (Å²) in [5, 5.41) is 3.75. The molecule has 0 aliphatic rings. The van der Waals surface area contributed by atoms with E-state index in [-0.39, 0.29) is 18.0 Å². The number of carbonyl (C=O) groups is 1. The Bertz CT molecular complexity index is 1100. The first-order valence-electron chi connectivity index (χ1n) is 9.29. The van der Waals surface area contributed by atoms with Gasteiger partial charge in [-0.1, -0.05) is 43.5 Å². The van der Waals surface area contributed by atoms with Crippen LogP contribution in [-0.4, -0.2) is 15.0 Å². The fourth-order valence-electron chi connectivity index (χ4n) is 3.12. The van der Waals surface area contributed by atoms with Crippen molar-refractivity contribution in [3.8, 4) is 0 Å². The van der Waals surface area contributed by atoms with E-state index < -0.39 is 5.69 Å². The highest BCUT2D eigenvalue weighted by Crippen LogP contribution is 2.14. The molecular formula is C21H22ClN3O3. The van der Waals surface area contributed by atoms with Gasteiger partial charge in [0, 0.05) is 17.3 Å². The van der Waals surface area contributed by atoms with Crippen LogP contribution in [-0.2, 0) is 17.9 Å². The van der Waals surface area contributed by atoms with Gasteiger partial charge < -0.3 is 5.32 Å². The normalized spacial score (nSPS) is 10.9. The number of fused-ring (bicyclic) bond motifs is 1. The molecule has 3 aromatic rings. The molecule has 0 fully saturated rings. The molecule has 7 heteroatoms. The Morgan fingerprint density at radius 3 is 2.43 bits per heavy atom. The van der Waals surface area contributed by atoms with Crippen LogP contribution >= 0.6 is 11.6 Å². The Morgan fingerprint density at radius 2 is 1.71 bits per heavy atom. The summed E-state index contributed by atoms with van der Waals surface area (Å²) in [5.41, 5.74) is 0.260. The molecule has 1 heterocycles. The van der Waals surface area contributed by atoms with E-state index in [9.17, 15) is 14.4 Å². The SMILES string of the molecule is CCCCCn1c(=O)c2ccccc2n(CC(=O)Nc2ccc(Cl)cc2)c1=O. The summed E-state index contributed by atoms with van der Waals surface area (Å²) in [7, 11) is 0. The van der Waals surface area contributed by atoms with Crippen molar-refractivity contribution in [2.45, 2.75) is 39.3 Å². The molecule has 0 bridgehead atoms. The third-order valence-electron chi connectivity index (χ3n) is 4.55. The topological polar surface area (TPSA) is 73.1 Å². The van der Waals surface area contributed by atoms with Crippen LogP contribution in [0, 0.1) is 0 Å². The standard InChI is InChI=1S/C21H22ClN3O3/c1-2-3-6-13-24-20(27)17-7-4-5-8-18(17)25(21(24)28)14-19(26)23-16-11-9-15(22)10-12-16/h4-5,7-12H,2-3,6,13-14H2,1H3,(H,23,26). The van der Waals surface area contributed by atoms with E-state index in [1.807, 2.05) is 0 Å². The number of unbranched alkanes of at least 4 members (excludes halogenated alkanes) is 2. The van der Waals surface area contributed by atoms with E-state index in [0.717, 1.165) is 19.3 Å². The molecule has 1 aromatic heterocycles. The van der Waals surface area contributed by atoms with Gasteiger partial charge in [0.25, 0.3) is 5.56 Å². The maximum atomic E-state index is 13.0. The van der Waals surface area contributed by atoms with Crippen molar-refractivity contribution in [2.75, 3.05) is 5.32 Å². The summed E-state index contributed by atoms with van der Waals surface area (Å²) in [4.78, 5) is 38.2. The van der Waals surface area contributed by atoms with Gasteiger partial charge in [-0.05, 0) is 42.8 Å². The second-order valence-corrected chi connectivity index (χ2v) is 7.04. The Hall–Kier alpha value is -2.86. The number of nitrogens with one attached hydrogen (secondary N) is 1. The van der Waals surface area contributed by atoms with Gasteiger partial charge in [0.2, 0.25) is 5.91 Å². The number of benzene rings is 2. The predicted molar refractivity (Wildman–Crippen MR) is 112 cm³/mol. The molecule has 0 aliphatic carbocycles. The van der Waals surface area contributed by atoms with Crippen molar-refractivity contribution in [3.05, 3.63) is 74.4 Å². The van der Waals surface area contributed by atoms with Crippen molar-refractivity contribution in [1.29, 1.82) is 0 Å². The molecule has 28 heavy (non-hydrogen) atoms. The smallest absolute Gasteiger partial charge is 0.325 e. The highest BCUT2D eigenvalue weighted by molar-refractivity contribution is 6.30. The van der Waals surface area contributed by atoms with Gasteiger partial charge in [-0.15, -0.1) is 0 Å². The zero-order valence-electron chi connectivity index (χ0n) is 15.7. The number of rotatable bonds is 7. The molecule has 146 valence electrons. The van der Waals surface area contributed by atoms with E-state index in [1.54, 1.807) is 48.5 Å². The molecule has 0 saturated heterocycles. The Labute approximate surface area is 167 Å². The molecule has 1 amide bonds. The highest BCUT2D eigenvalue weighted by atomic mass is 35.5. The predicted octanol–water partition coefficient (Wildman–Crippen LogP) is 3.65. The quantitative estimate of drug-likeness (QED) is 0.616. The summed E-state index contributed by atoms with van der Waals surface area (Å²) in [5.74, 6) is -0.353. The molecule has 3 rings (SSSR count). The number of anilines is 1. The van der Waals surface area contributed by atoms with E-state index in [0.29, 0.717) is 28.2 Å². The third kappa shape index (κ3) is 4.34. The molecule has 0 saturated carbocycles. The summed E-state index contributed by atoms with van der Waals surface area (Å²) in [6.07, 6.45) is 2.65. The van der Waals surface area contributed by atoms with Gasteiger partial charge in [0.1, 0.15) is 6.54 Å². The van der Waals surface area contributed by atoms with Crippen molar-refractivity contribution >= 4 is 34.1 Å². The summed E-state index contributed by atoms with van der Waals surface area (Å²) in [6, 6.07) is 13.6. The number of aromatic nitrogens is 2. The van der Waals surface area contributed by atoms with E-state index in [4.69, 9.17) is 11.6 Å². The number of para-hydroxylation sites is 1. The zero-order chi connectivity index (χ0) is 20.1. The Balaban J connectivity index is 1.96. The molecule has 0 atom stereocenters. The van der Waals surface area contributed by atoms with Crippen LogP contribution in [0.2, 0.25) is 5.02 Å². The molecule has 0 radical (unpaired) electrons. The first-order valence-corrected chi connectivity index (χ1v) is 9.67. The minimum atomic E-state index is -0.467. The second kappa shape index (κ2) is 8.89. The zero-order valence-corrected chi connectivity index (χ0v) is 16.4. The second-order valence-electron chi connectivity index (χ2n) is 6.60. The van der Waals surface area contributed by atoms with E-state index in [1.165, 1.54) is 9.13 Å². The summed E-state index contributed by atoms with van der Waals surface area (Å²) < 4.78 is 2.58. The van der Waals surface area contributed by atoms with Crippen LogP contribution in [0.5, 0.6) is 0 Å². The molecular weight excluding hydrogens is 378 g/mol. The molecule has 6 nitrogen and oxygen atoms in total. The Kier molecular flexibility index (Phi) is 6.31. The van der Waals surface area contributed by atoms with Gasteiger partial charge in [-0.2, -0.15) is 0 Å². The average molecular weight is 400 g/mol. The van der Waals surface area contributed by atoms with Gasteiger partial charge in [-0.25, -0.2) is 4.79 Å². The highest BCUT2D eigenvalue weighted by Gasteiger charge is 2.15. The monoisotopic (exact) mass is 399 g/mol. The lowest BCUT2D eigenvalue weighted by atomic mass is 10.2. The van der Waals surface area contributed by atoms with Crippen LogP contribution in [0.3, 0.4) is 0 Å². The van der Waals surface area contributed by atoms with E-state index in [2.05, 4.69) is 12.2 Å². The first-order chi connectivity index (χ1) is 13.5. The maximum absolute atomic E-state index is 13.0. The summed E-state index contributed by atoms with van der Waals surface area (Å²) >= 11 is 5.86. The van der Waals surface area contributed by atoms with E-state index >= 15 is 0 Å². The number of hydrogen-bond acceptors (Lipinski definition) is 3. The van der Waals surface area contributed by atoms with Crippen molar-refractivity contribution < 1.29 is 4.79 Å². The number of halogens is 1. The Morgan fingerprint density at radius 1 is 1.00 bits per heavy atom. The van der Waals surface area contributed by atoms with Gasteiger partial charge in [-0.3, -0.25) is 18.7 Å². The lowest BCUT2D eigenvalue weighted by Crippen LogP contribution is -2.41. The van der Waals surface area contributed by atoms with Crippen LogP contribution < -0.4 is 16.6 Å². The van der Waals surface area contributed by atoms with Gasteiger partial charge in [0.05, 0.1) is 10.9 Å². The van der Waals surface area contributed by atoms with Crippen molar-refractivity contribution in [3.63, 3.8) is 0 Å². The molecule has 0 unspecified atom stereocenters. The number of carbonyl (C=O) groups excluding carboxylic acids is 1. The molecule has 0 aliphatic heterocycles. The fourth-order valence-corrected chi connectivity index (χ4v) is 3.24. The lowest BCUT2D eigenvalue weighted by Gasteiger charge is -2.14. The van der Waals surface area contributed by atoms with Crippen molar-refractivity contribution in [1.82, 2.24) is 9.13 Å². The van der Waals surface area contributed by atoms with Crippen LogP contribution in [0.1, 0.15) is 26.2 Å². The maximum Gasteiger partial charge on any atom is 0.331 e. The average Bonchev–Trinajstić information content (AvgIpc) is 2.69. The number of amides is 1. The minimum absolute atomic E-state index is 0.184. The largest absolute Gasteiger partial charge is 0.331 e. The lowest BCUT2D eigenvalue weighted by molar-refractivity contribution is -0.116.